The molecule has 0 aromatic heterocycles. The first-order valence-electron chi connectivity index (χ1n) is 4.95. The molecule has 6 N–H and O–H groups in total. The zero-order valence-corrected chi connectivity index (χ0v) is 9.10. The molecule has 2 atom stereocenters. The number of carboxylic acids is 1. The minimum Gasteiger partial charge on any atom is -0.480 e. The molecule has 16 heavy (non-hydrogen) atoms. The number of nitrogens with one attached hydrogen (secondary N) is 1. The highest BCUT2D eigenvalue weighted by Crippen LogP contribution is 1.98. The molecular formula is C9H17N3O4. The number of carbonyl (C=O) groups excluding carboxylic acids is 2. The molecule has 0 saturated heterocycles. The number of hydrogen-bond acceptors (Lipinski definition) is 4. The van der Waals surface area contributed by atoms with Gasteiger partial charge in [-0.05, 0) is 12.8 Å². The van der Waals surface area contributed by atoms with Crippen LogP contribution in [0.25, 0.3) is 0 Å². The number of hydrogen-bond donors (Lipinski definition) is 4. The summed E-state index contributed by atoms with van der Waals surface area (Å²) in [5.74, 6) is -2.36. The van der Waals surface area contributed by atoms with Gasteiger partial charge in [0.05, 0.1) is 6.04 Å². The maximum Gasteiger partial charge on any atom is 0.326 e. The summed E-state index contributed by atoms with van der Waals surface area (Å²) in [7, 11) is 0. The molecule has 7 nitrogen and oxygen atoms in total. The van der Waals surface area contributed by atoms with Gasteiger partial charge in [-0.25, -0.2) is 4.79 Å². The Kier molecular flexibility index (Phi) is 6.09. The fourth-order valence-electron chi connectivity index (χ4n) is 1.01. The maximum atomic E-state index is 11.3. The highest BCUT2D eigenvalue weighted by molar-refractivity contribution is 5.87. The first-order valence-corrected chi connectivity index (χ1v) is 4.95. The summed E-state index contributed by atoms with van der Waals surface area (Å²) < 4.78 is 0. The van der Waals surface area contributed by atoms with Crippen molar-refractivity contribution in [2.75, 3.05) is 0 Å². The van der Waals surface area contributed by atoms with E-state index in [1.165, 1.54) is 0 Å². The highest BCUT2D eigenvalue weighted by atomic mass is 16.4. The van der Waals surface area contributed by atoms with Gasteiger partial charge in [0.15, 0.2) is 0 Å². The van der Waals surface area contributed by atoms with Crippen molar-refractivity contribution in [1.29, 1.82) is 0 Å². The Labute approximate surface area is 93.2 Å². The second-order valence-corrected chi connectivity index (χ2v) is 3.42. The summed E-state index contributed by atoms with van der Waals surface area (Å²) in [5.41, 5.74) is 10.3. The average molecular weight is 231 g/mol. The van der Waals surface area contributed by atoms with Crippen LogP contribution in [-0.2, 0) is 14.4 Å². The van der Waals surface area contributed by atoms with Gasteiger partial charge < -0.3 is 21.9 Å². The predicted octanol–water partition coefficient (Wildman–Crippen LogP) is -1.44. The topological polar surface area (TPSA) is 136 Å². The first kappa shape index (κ1) is 14.4. The quantitative estimate of drug-likeness (QED) is 0.425. The molecule has 0 heterocycles. The lowest BCUT2D eigenvalue weighted by atomic mass is 10.1. The molecule has 0 unspecified atom stereocenters. The van der Waals surface area contributed by atoms with Crippen LogP contribution in [0.3, 0.4) is 0 Å². The van der Waals surface area contributed by atoms with Crippen LogP contribution in [0.4, 0.5) is 0 Å². The van der Waals surface area contributed by atoms with Gasteiger partial charge in [0.1, 0.15) is 6.04 Å². The standard InChI is InChI=1S/C9H17N3O4/c1-2-5(10)8(14)12-6(9(15)16)3-4-7(11)13/h5-6H,2-4,10H2,1H3,(H2,11,13)(H,12,14)(H,15,16)/t5-,6+/m0/s1. The molecule has 0 saturated carbocycles. The average Bonchev–Trinajstić information content (AvgIpc) is 2.21. The lowest BCUT2D eigenvalue weighted by Crippen LogP contribution is -2.48. The third-order valence-corrected chi connectivity index (χ3v) is 2.07. The second-order valence-electron chi connectivity index (χ2n) is 3.42. The van der Waals surface area contributed by atoms with E-state index >= 15 is 0 Å². The predicted molar refractivity (Wildman–Crippen MR) is 56.3 cm³/mol. The fourth-order valence-corrected chi connectivity index (χ4v) is 1.01. The number of amides is 2. The Morgan fingerprint density at radius 2 is 1.94 bits per heavy atom. The molecule has 0 aliphatic heterocycles. The van der Waals surface area contributed by atoms with E-state index in [-0.39, 0.29) is 12.8 Å². The Balaban J connectivity index is 4.28. The fraction of sp³-hybridized carbons (Fsp3) is 0.667. The van der Waals surface area contributed by atoms with Crippen LogP contribution in [0, 0.1) is 0 Å². The minimum atomic E-state index is -1.21. The number of nitrogens with two attached hydrogens (primary N) is 2. The zero-order chi connectivity index (χ0) is 12.7. The normalized spacial score (nSPS) is 13.9. The largest absolute Gasteiger partial charge is 0.480 e. The van der Waals surface area contributed by atoms with Crippen LogP contribution in [-0.4, -0.2) is 35.0 Å². The smallest absolute Gasteiger partial charge is 0.326 e. The van der Waals surface area contributed by atoms with Gasteiger partial charge in [0, 0.05) is 6.42 Å². The molecule has 0 fully saturated rings. The van der Waals surface area contributed by atoms with Crippen LogP contribution < -0.4 is 16.8 Å². The molecule has 0 spiro atoms. The van der Waals surface area contributed by atoms with E-state index < -0.39 is 29.9 Å². The monoisotopic (exact) mass is 231 g/mol. The molecule has 7 heteroatoms. The van der Waals surface area contributed by atoms with Gasteiger partial charge >= 0.3 is 5.97 Å². The minimum absolute atomic E-state index is 0.0349. The molecule has 0 aromatic rings. The van der Waals surface area contributed by atoms with E-state index in [1.807, 2.05) is 0 Å². The molecule has 2 amide bonds. The van der Waals surface area contributed by atoms with Crippen molar-refractivity contribution < 1.29 is 19.5 Å². The first-order chi connectivity index (χ1) is 7.38. The second kappa shape index (κ2) is 6.78. The van der Waals surface area contributed by atoms with E-state index in [2.05, 4.69) is 5.32 Å². The van der Waals surface area contributed by atoms with E-state index in [9.17, 15) is 14.4 Å². The van der Waals surface area contributed by atoms with Crippen LogP contribution in [0.2, 0.25) is 0 Å². The summed E-state index contributed by atoms with van der Waals surface area (Å²) in [6.45, 7) is 1.71. The Bertz CT molecular complexity index is 280. The number of aliphatic carboxylic acids is 1. The SMILES string of the molecule is CC[C@H](N)C(=O)N[C@H](CCC(N)=O)C(=O)O. The molecule has 0 rings (SSSR count). The lowest BCUT2D eigenvalue weighted by molar-refractivity contribution is -0.142. The van der Waals surface area contributed by atoms with Crippen LogP contribution >= 0.6 is 0 Å². The van der Waals surface area contributed by atoms with Crippen molar-refractivity contribution in [1.82, 2.24) is 5.32 Å². The molecule has 0 aliphatic carbocycles. The van der Waals surface area contributed by atoms with Crippen LogP contribution in [0.5, 0.6) is 0 Å². The van der Waals surface area contributed by atoms with Crippen molar-refractivity contribution in [3.05, 3.63) is 0 Å². The van der Waals surface area contributed by atoms with Gasteiger partial charge in [-0.3, -0.25) is 9.59 Å². The molecular weight excluding hydrogens is 214 g/mol. The van der Waals surface area contributed by atoms with E-state index in [0.717, 1.165) is 0 Å². The van der Waals surface area contributed by atoms with Gasteiger partial charge in [0.2, 0.25) is 11.8 Å². The molecule has 0 aromatic carbocycles. The number of carboxylic acid groups (broad SMARTS) is 1. The summed E-state index contributed by atoms with van der Waals surface area (Å²) in [5, 5.41) is 11.0. The van der Waals surface area contributed by atoms with Crippen molar-refractivity contribution in [2.45, 2.75) is 38.3 Å². The molecule has 92 valence electrons. The Morgan fingerprint density at radius 1 is 1.38 bits per heavy atom. The van der Waals surface area contributed by atoms with Crippen LogP contribution in [0.1, 0.15) is 26.2 Å². The molecule has 0 radical (unpaired) electrons. The number of rotatable bonds is 7. The summed E-state index contributed by atoms with van der Waals surface area (Å²) in [6, 6.07) is -1.87. The van der Waals surface area contributed by atoms with Crippen molar-refractivity contribution >= 4 is 17.8 Å². The van der Waals surface area contributed by atoms with Crippen molar-refractivity contribution in [3.8, 4) is 0 Å². The van der Waals surface area contributed by atoms with Gasteiger partial charge in [-0.2, -0.15) is 0 Å². The Hall–Kier alpha value is -1.63. The molecule has 0 bridgehead atoms. The summed E-state index contributed by atoms with van der Waals surface area (Å²) >= 11 is 0. The van der Waals surface area contributed by atoms with E-state index in [0.29, 0.717) is 6.42 Å². The Morgan fingerprint density at radius 3 is 2.31 bits per heavy atom. The van der Waals surface area contributed by atoms with Crippen LogP contribution in [0.15, 0.2) is 0 Å². The third kappa shape index (κ3) is 5.30. The number of primary amides is 1. The zero-order valence-electron chi connectivity index (χ0n) is 9.10. The maximum absolute atomic E-state index is 11.3. The lowest BCUT2D eigenvalue weighted by Gasteiger charge is -2.16. The number of carbonyl (C=O) groups is 3. The van der Waals surface area contributed by atoms with Gasteiger partial charge in [0.25, 0.3) is 0 Å². The van der Waals surface area contributed by atoms with Crippen molar-refractivity contribution in [2.24, 2.45) is 11.5 Å². The third-order valence-electron chi connectivity index (χ3n) is 2.07. The molecule has 0 aliphatic rings. The van der Waals surface area contributed by atoms with E-state index in [1.54, 1.807) is 6.92 Å². The van der Waals surface area contributed by atoms with E-state index in [4.69, 9.17) is 16.6 Å². The summed E-state index contributed by atoms with van der Waals surface area (Å²) in [4.78, 5) is 32.6. The summed E-state index contributed by atoms with van der Waals surface area (Å²) in [6.07, 6.45) is 0.277. The van der Waals surface area contributed by atoms with Crippen molar-refractivity contribution in [3.63, 3.8) is 0 Å². The highest BCUT2D eigenvalue weighted by Gasteiger charge is 2.22. The van der Waals surface area contributed by atoms with Gasteiger partial charge in [-0.15, -0.1) is 0 Å². The van der Waals surface area contributed by atoms with Gasteiger partial charge in [-0.1, -0.05) is 6.92 Å².